The molecule has 3 rings (SSSR count). The SMILES string of the molecule is Nc1noc(C2CCOCC2)c1-c1cccnc1. The van der Waals surface area contributed by atoms with Crippen LogP contribution in [0.25, 0.3) is 11.1 Å². The van der Waals surface area contributed by atoms with E-state index in [0.29, 0.717) is 11.7 Å². The fourth-order valence-corrected chi connectivity index (χ4v) is 2.36. The topological polar surface area (TPSA) is 74.2 Å². The van der Waals surface area contributed by atoms with Crippen molar-refractivity contribution in [2.24, 2.45) is 0 Å². The van der Waals surface area contributed by atoms with E-state index in [1.165, 1.54) is 0 Å². The molecule has 0 aromatic carbocycles. The van der Waals surface area contributed by atoms with Crippen molar-refractivity contribution >= 4 is 5.82 Å². The lowest BCUT2D eigenvalue weighted by Gasteiger charge is -2.20. The Balaban J connectivity index is 2.01. The molecule has 0 spiro atoms. The van der Waals surface area contributed by atoms with Gasteiger partial charge in [-0.2, -0.15) is 0 Å². The predicted octanol–water partition coefficient (Wildman–Crippen LogP) is 2.21. The number of hydrogen-bond donors (Lipinski definition) is 1. The van der Waals surface area contributed by atoms with Gasteiger partial charge < -0.3 is 15.0 Å². The van der Waals surface area contributed by atoms with Crippen LogP contribution in [0.4, 0.5) is 5.82 Å². The Morgan fingerprint density at radius 1 is 1.28 bits per heavy atom. The summed E-state index contributed by atoms with van der Waals surface area (Å²) in [5, 5.41) is 3.90. The summed E-state index contributed by atoms with van der Waals surface area (Å²) in [7, 11) is 0. The number of anilines is 1. The molecule has 0 radical (unpaired) electrons. The zero-order valence-corrected chi connectivity index (χ0v) is 10.0. The van der Waals surface area contributed by atoms with Crippen LogP contribution < -0.4 is 5.73 Å². The van der Waals surface area contributed by atoms with Crippen molar-refractivity contribution in [1.82, 2.24) is 10.1 Å². The first-order valence-electron chi connectivity index (χ1n) is 6.09. The van der Waals surface area contributed by atoms with Gasteiger partial charge in [-0.25, -0.2) is 0 Å². The summed E-state index contributed by atoms with van der Waals surface area (Å²) < 4.78 is 10.8. The second-order valence-electron chi connectivity index (χ2n) is 4.44. The summed E-state index contributed by atoms with van der Waals surface area (Å²) in [5.41, 5.74) is 7.76. The number of ether oxygens (including phenoxy) is 1. The minimum atomic E-state index is 0.332. The Kier molecular flexibility index (Phi) is 2.98. The molecule has 0 unspecified atom stereocenters. The lowest BCUT2D eigenvalue weighted by molar-refractivity contribution is 0.0792. The van der Waals surface area contributed by atoms with Crippen LogP contribution in [0.5, 0.6) is 0 Å². The van der Waals surface area contributed by atoms with Crippen LogP contribution in [0.2, 0.25) is 0 Å². The Labute approximate surface area is 105 Å². The first-order chi connectivity index (χ1) is 8.86. The molecule has 5 nitrogen and oxygen atoms in total. The van der Waals surface area contributed by atoms with Crippen molar-refractivity contribution in [3.8, 4) is 11.1 Å². The molecule has 3 heterocycles. The van der Waals surface area contributed by atoms with Crippen LogP contribution in [0.1, 0.15) is 24.5 Å². The molecule has 2 N–H and O–H groups in total. The smallest absolute Gasteiger partial charge is 0.175 e. The number of hydrogen-bond acceptors (Lipinski definition) is 5. The maximum atomic E-state index is 5.92. The Hall–Kier alpha value is -1.88. The predicted molar refractivity (Wildman–Crippen MR) is 66.9 cm³/mol. The average molecular weight is 245 g/mol. The maximum Gasteiger partial charge on any atom is 0.175 e. The number of nitrogens with two attached hydrogens (primary N) is 1. The summed E-state index contributed by atoms with van der Waals surface area (Å²) in [6.45, 7) is 1.52. The first kappa shape index (κ1) is 11.2. The van der Waals surface area contributed by atoms with Gasteiger partial charge in [0.05, 0.1) is 5.56 Å². The van der Waals surface area contributed by atoms with Crippen molar-refractivity contribution < 1.29 is 9.26 Å². The minimum absolute atomic E-state index is 0.332. The summed E-state index contributed by atoms with van der Waals surface area (Å²) in [6, 6.07) is 3.86. The van der Waals surface area contributed by atoms with E-state index in [1.807, 2.05) is 12.1 Å². The van der Waals surface area contributed by atoms with Gasteiger partial charge in [0, 0.05) is 37.1 Å². The summed E-state index contributed by atoms with van der Waals surface area (Å²) >= 11 is 0. The Bertz CT molecular complexity index is 518. The molecule has 0 atom stereocenters. The molecule has 1 aliphatic heterocycles. The minimum Gasteiger partial charge on any atom is -0.381 e. The van der Waals surface area contributed by atoms with Gasteiger partial charge in [-0.15, -0.1) is 0 Å². The molecule has 18 heavy (non-hydrogen) atoms. The molecule has 1 aliphatic rings. The zero-order valence-electron chi connectivity index (χ0n) is 10.0. The Morgan fingerprint density at radius 3 is 2.83 bits per heavy atom. The lowest BCUT2D eigenvalue weighted by Crippen LogP contribution is -2.14. The van der Waals surface area contributed by atoms with Crippen LogP contribution >= 0.6 is 0 Å². The number of pyridine rings is 1. The highest BCUT2D eigenvalue weighted by Gasteiger charge is 2.26. The van der Waals surface area contributed by atoms with Crippen molar-refractivity contribution in [2.75, 3.05) is 18.9 Å². The van der Waals surface area contributed by atoms with E-state index in [2.05, 4.69) is 10.1 Å². The number of rotatable bonds is 2. The van der Waals surface area contributed by atoms with E-state index in [0.717, 1.165) is 42.9 Å². The Morgan fingerprint density at radius 2 is 2.11 bits per heavy atom. The average Bonchev–Trinajstić information content (AvgIpc) is 2.83. The van der Waals surface area contributed by atoms with E-state index >= 15 is 0 Å². The van der Waals surface area contributed by atoms with E-state index in [9.17, 15) is 0 Å². The molecular formula is C13H15N3O2. The van der Waals surface area contributed by atoms with Crippen LogP contribution in [0.3, 0.4) is 0 Å². The standard InChI is InChI=1S/C13H15N3O2/c14-13-11(10-2-1-5-15-8-10)12(18-16-13)9-3-6-17-7-4-9/h1-2,5,8-9H,3-4,6-7H2,(H2,14,16). The molecule has 0 amide bonds. The fraction of sp³-hybridized carbons (Fsp3) is 0.385. The van der Waals surface area contributed by atoms with Crippen LogP contribution in [-0.2, 0) is 4.74 Å². The van der Waals surface area contributed by atoms with E-state index in [1.54, 1.807) is 12.4 Å². The van der Waals surface area contributed by atoms with Crippen LogP contribution in [0.15, 0.2) is 29.0 Å². The molecule has 1 saturated heterocycles. The molecule has 2 aromatic heterocycles. The largest absolute Gasteiger partial charge is 0.381 e. The van der Waals surface area contributed by atoms with Crippen LogP contribution in [0, 0.1) is 0 Å². The highest BCUT2D eigenvalue weighted by molar-refractivity contribution is 5.75. The fourth-order valence-electron chi connectivity index (χ4n) is 2.36. The van der Waals surface area contributed by atoms with Crippen molar-refractivity contribution in [1.29, 1.82) is 0 Å². The van der Waals surface area contributed by atoms with E-state index in [-0.39, 0.29) is 0 Å². The number of nitrogens with zero attached hydrogens (tertiary/aromatic N) is 2. The summed E-state index contributed by atoms with van der Waals surface area (Å²) in [6.07, 6.45) is 5.41. The van der Waals surface area contributed by atoms with Gasteiger partial charge in [0.15, 0.2) is 5.82 Å². The highest BCUT2D eigenvalue weighted by atomic mass is 16.5. The molecule has 1 fully saturated rings. The normalized spacial score (nSPS) is 16.9. The third-order valence-corrected chi connectivity index (χ3v) is 3.29. The maximum absolute atomic E-state index is 5.92. The summed E-state index contributed by atoms with van der Waals surface area (Å²) in [4.78, 5) is 4.12. The van der Waals surface area contributed by atoms with Gasteiger partial charge in [-0.3, -0.25) is 4.98 Å². The molecular weight excluding hydrogens is 230 g/mol. The second kappa shape index (κ2) is 4.78. The monoisotopic (exact) mass is 245 g/mol. The van der Waals surface area contributed by atoms with Gasteiger partial charge in [0.2, 0.25) is 0 Å². The number of aromatic nitrogens is 2. The second-order valence-corrected chi connectivity index (χ2v) is 4.44. The van der Waals surface area contributed by atoms with E-state index < -0.39 is 0 Å². The molecule has 5 heteroatoms. The quantitative estimate of drug-likeness (QED) is 0.878. The number of nitrogen functional groups attached to an aromatic ring is 1. The van der Waals surface area contributed by atoms with E-state index in [4.69, 9.17) is 15.0 Å². The molecule has 0 bridgehead atoms. The molecule has 2 aromatic rings. The first-order valence-corrected chi connectivity index (χ1v) is 6.09. The van der Waals surface area contributed by atoms with Crippen molar-refractivity contribution in [3.63, 3.8) is 0 Å². The zero-order chi connectivity index (χ0) is 12.4. The molecule has 0 saturated carbocycles. The van der Waals surface area contributed by atoms with Crippen molar-refractivity contribution in [2.45, 2.75) is 18.8 Å². The lowest BCUT2D eigenvalue weighted by atomic mass is 9.92. The van der Waals surface area contributed by atoms with Gasteiger partial charge in [0.25, 0.3) is 0 Å². The van der Waals surface area contributed by atoms with Gasteiger partial charge in [-0.1, -0.05) is 11.2 Å². The molecule has 0 aliphatic carbocycles. The highest BCUT2D eigenvalue weighted by Crippen LogP contribution is 2.37. The van der Waals surface area contributed by atoms with Crippen molar-refractivity contribution in [3.05, 3.63) is 30.3 Å². The van der Waals surface area contributed by atoms with Crippen LogP contribution in [-0.4, -0.2) is 23.4 Å². The third kappa shape index (κ3) is 1.97. The van der Waals surface area contributed by atoms with Gasteiger partial charge in [0.1, 0.15) is 5.76 Å². The summed E-state index contributed by atoms with van der Waals surface area (Å²) in [5.74, 6) is 1.63. The van der Waals surface area contributed by atoms with Gasteiger partial charge >= 0.3 is 0 Å². The third-order valence-electron chi connectivity index (χ3n) is 3.29. The molecule has 94 valence electrons. The van der Waals surface area contributed by atoms with Gasteiger partial charge in [-0.05, 0) is 18.9 Å².